The van der Waals surface area contributed by atoms with E-state index in [0.717, 1.165) is 17.0 Å². The fraction of sp³-hybridized carbons (Fsp3) is 0.250. The van der Waals surface area contributed by atoms with Gasteiger partial charge in [-0.2, -0.15) is 0 Å². The number of aryl methyl sites for hydroxylation is 1. The van der Waals surface area contributed by atoms with Crippen molar-refractivity contribution in [2.45, 2.75) is 11.1 Å². The van der Waals surface area contributed by atoms with Gasteiger partial charge in [-0.1, -0.05) is 22.9 Å². The average Bonchev–Trinajstić information content (AvgIpc) is 2.69. The van der Waals surface area contributed by atoms with E-state index in [2.05, 4.69) is 9.71 Å². The summed E-state index contributed by atoms with van der Waals surface area (Å²) in [6, 6.07) is 7.10. The Morgan fingerprint density at radius 1 is 1.25 bits per heavy atom. The number of nitrogens with one attached hydrogen (secondary N) is 1. The zero-order valence-electron chi connectivity index (χ0n) is 11.2. The van der Waals surface area contributed by atoms with Crippen LogP contribution in [0.4, 0.5) is 11.4 Å². The number of hydrogen-bond donors (Lipinski definition) is 1. The Labute approximate surface area is 127 Å². The Hall–Kier alpha value is -1.31. The van der Waals surface area contributed by atoms with Gasteiger partial charge in [-0.05, 0) is 31.2 Å². The third-order valence-electron chi connectivity index (χ3n) is 2.61. The quantitative estimate of drug-likeness (QED) is 0.935. The van der Waals surface area contributed by atoms with E-state index in [-0.39, 0.29) is 8.68 Å². The van der Waals surface area contributed by atoms with E-state index < -0.39 is 10.0 Å². The lowest BCUT2D eigenvalue weighted by Gasteiger charge is -2.13. The molecule has 2 rings (SSSR count). The lowest BCUT2D eigenvalue weighted by molar-refractivity contribution is 0.602. The lowest BCUT2D eigenvalue weighted by atomic mass is 10.3. The van der Waals surface area contributed by atoms with Crippen LogP contribution in [0.1, 0.15) is 5.69 Å². The maximum Gasteiger partial charge on any atom is 0.273 e. The molecule has 0 aliphatic heterocycles. The van der Waals surface area contributed by atoms with Gasteiger partial charge in [0.1, 0.15) is 0 Å². The molecule has 2 aromatic rings. The minimum Gasteiger partial charge on any atom is -0.378 e. The van der Waals surface area contributed by atoms with Gasteiger partial charge >= 0.3 is 0 Å². The molecule has 0 aliphatic carbocycles. The summed E-state index contributed by atoms with van der Waals surface area (Å²) in [6.45, 7) is 1.62. The number of rotatable bonds is 4. The highest BCUT2D eigenvalue weighted by Crippen LogP contribution is 2.28. The van der Waals surface area contributed by atoms with Crippen molar-refractivity contribution in [3.05, 3.63) is 34.4 Å². The van der Waals surface area contributed by atoms with E-state index in [1.807, 2.05) is 31.1 Å². The van der Waals surface area contributed by atoms with Crippen LogP contribution in [-0.2, 0) is 10.0 Å². The molecule has 5 nitrogen and oxygen atoms in total. The molecule has 1 heterocycles. The van der Waals surface area contributed by atoms with Crippen molar-refractivity contribution in [3.63, 3.8) is 0 Å². The third kappa shape index (κ3) is 3.23. The molecular formula is C12H14ClN3O2S2. The number of nitrogens with zero attached hydrogens (tertiary/aromatic N) is 2. The van der Waals surface area contributed by atoms with Gasteiger partial charge in [0, 0.05) is 25.5 Å². The maximum absolute atomic E-state index is 12.2. The van der Waals surface area contributed by atoms with Crippen molar-refractivity contribution >= 4 is 44.3 Å². The first-order valence-corrected chi connectivity index (χ1v) is 8.40. The van der Waals surface area contributed by atoms with Crippen LogP contribution in [0.15, 0.2) is 28.5 Å². The minimum absolute atomic E-state index is 0.138. The van der Waals surface area contributed by atoms with E-state index in [0.29, 0.717) is 11.4 Å². The standard InChI is InChI=1S/C12H14ClN3O2S2/c1-8-11(19-12(13)14-8)20(17,18)15-9-4-6-10(7-5-9)16(2)3/h4-7,15H,1-3H3. The van der Waals surface area contributed by atoms with Gasteiger partial charge in [-0.25, -0.2) is 13.4 Å². The number of anilines is 2. The van der Waals surface area contributed by atoms with Gasteiger partial charge in [0.05, 0.1) is 5.69 Å². The molecule has 0 amide bonds. The van der Waals surface area contributed by atoms with Gasteiger partial charge < -0.3 is 4.90 Å². The second kappa shape index (κ2) is 5.59. The van der Waals surface area contributed by atoms with Crippen molar-refractivity contribution < 1.29 is 8.42 Å². The van der Waals surface area contributed by atoms with Gasteiger partial charge in [0.25, 0.3) is 10.0 Å². The second-order valence-electron chi connectivity index (χ2n) is 4.39. The van der Waals surface area contributed by atoms with Crippen molar-refractivity contribution in [2.75, 3.05) is 23.7 Å². The average molecular weight is 332 g/mol. The summed E-state index contributed by atoms with van der Waals surface area (Å²) in [6.07, 6.45) is 0. The van der Waals surface area contributed by atoms with E-state index in [9.17, 15) is 8.42 Å². The molecule has 0 bridgehead atoms. The fourth-order valence-corrected chi connectivity index (χ4v) is 4.43. The molecule has 1 aromatic carbocycles. The maximum atomic E-state index is 12.2. The molecule has 0 radical (unpaired) electrons. The van der Waals surface area contributed by atoms with Crippen molar-refractivity contribution in [2.24, 2.45) is 0 Å². The van der Waals surface area contributed by atoms with Gasteiger partial charge in [-0.15, -0.1) is 0 Å². The molecular weight excluding hydrogens is 318 g/mol. The fourth-order valence-electron chi connectivity index (χ4n) is 1.63. The molecule has 1 aromatic heterocycles. The first-order chi connectivity index (χ1) is 9.29. The van der Waals surface area contributed by atoms with Crippen molar-refractivity contribution in [3.8, 4) is 0 Å². The summed E-state index contributed by atoms with van der Waals surface area (Å²) in [5.74, 6) is 0. The molecule has 8 heteroatoms. The molecule has 0 saturated heterocycles. The highest BCUT2D eigenvalue weighted by molar-refractivity contribution is 7.94. The van der Waals surface area contributed by atoms with Gasteiger partial charge in [0.2, 0.25) is 0 Å². The van der Waals surface area contributed by atoms with Gasteiger partial charge in [0.15, 0.2) is 8.68 Å². The largest absolute Gasteiger partial charge is 0.378 e. The zero-order valence-corrected chi connectivity index (χ0v) is 13.6. The molecule has 0 spiro atoms. The van der Waals surface area contributed by atoms with Crippen LogP contribution in [0.5, 0.6) is 0 Å². The molecule has 108 valence electrons. The first kappa shape index (κ1) is 15.1. The third-order valence-corrected chi connectivity index (χ3v) is 5.86. The van der Waals surface area contributed by atoms with Crippen LogP contribution >= 0.6 is 22.9 Å². The number of benzene rings is 1. The summed E-state index contributed by atoms with van der Waals surface area (Å²) in [5.41, 5.74) is 1.89. The van der Waals surface area contributed by atoms with E-state index in [1.54, 1.807) is 19.1 Å². The highest BCUT2D eigenvalue weighted by atomic mass is 35.5. The van der Waals surface area contributed by atoms with Crippen molar-refractivity contribution in [1.29, 1.82) is 0 Å². The predicted octanol–water partition coefficient (Wildman–Crippen LogP) is 2.97. The lowest BCUT2D eigenvalue weighted by Crippen LogP contribution is -2.13. The number of hydrogen-bond acceptors (Lipinski definition) is 5. The summed E-state index contributed by atoms with van der Waals surface area (Å²) < 4.78 is 27.4. The summed E-state index contributed by atoms with van der Waals surface area (Å²) in [7, 11) is 0.189. The SMILES string of the molecule is Cc1nc(Cl)sc1S(=O)(=O)Nc1ccc(N(C)C)cc1. The van der Waals surface area contributed by atoms with E-state index in [1.165, 1.54) is 0 Å². The van der Waals surface area contributed by atoms with Crippen LogP contribution in [0.3, 0.4) is 0 Å². The Kier molecular flexibility index (Phi) is 4.22. The Balaban J connectivity index is 2.26. The highest BCUT2D eigenvalue weighted by Gasteiger charge is 2.21. The van der Waals surface area contributed by atoms with Crippen molar-refractivity contribution in [1.82, 2.24) is 4.98 Å². The van der Waals surface area contributed by atoms with Gasteiger partial charge in [-0.3, -0.25) is 4.72 Å². The molecule has 0 unspecified atom stereocenters. The van der Waals surface area contributed by atoms with Crippen LogP contribution in [0.25, 0.3) is 0 Å². The molecule has 0 aliphatic rings. The second-order valence-corrected chi connectivity index (χ2v) is 7.85. The summed E-state index contributed by atoms with van der Waals surface area (Å²) in [5, 5.41) is 0. The molecule has 1 N–H and O–H groups in total. The smallest absolute Gasteiger partial charge is 0.273 e. The van der Waals surface area contributed by atoms with Crippen LogP contribution in [0.2, 0.25) is 4.47 Å². The van der Waals surface area contributed by atoms with Crippen LogP contribution in [0, 0.1) is 6.92 Å². The zero-order chi connectivity index (χ0) is 14.9. The van der Waals surface area contributed by atoms with Crippen LogP contribution < -0.4 is 9.62 Å². The molecule has 0 saturated carbocycles. The summed E-state index contributed by atoms with van der Waals surface area (Å²) >= 11 is 6.68. The number of thiazole rings is 1. The Morgan fingerprint density at radius 3 is 2.30 bits per heavy atom. The predicted molar refractivity (Wildman–Crippen MR) is 83.4 cm³/mol. The summed E-state index contributed by atoms with van der Waals surface area (Å²) in [4.78, 5) is 5.85. The normalized spacial score (nSPS) is 11.4. The minimum atomic E-state index is -3.65. The number of halogens is 1. The van der Waals surface area contributed by atoms with E-state index in [4.69, 9.17) is 11.6 Å². The Bertz CT molecular complexity index is 709. The monoisotopic (exact) mass is 331 g/mol. The molecule has 0 fully saturated rings. The first-order valence-electron chi connectivity index (χ1n) is 5.73. The van der Waals surface area contributed by atoms with Crippen LogP contribution in [-0.4, -0.2) is 27.5 Å². The molecule has 20 heavy (non-hydrogen) atoms. The topological polar surface area (TPSA) is 62.3 Å². The molecule has 0 atom stereocenters. The number of sulfonamides is 1. The number of aromatic nitrogens is 1. The Morgan fingerprint density at radius 2 is 1.85 bits per heavy atom. The van der Waals surface area contributed by atoms with E-state index >= 15 is 0 Å².